The zero-order valence-electron chi connectivity index (χ0n) is 17.2. The monoisotopic (exact) mass is 482 g/mol. The Morgan fingerprint density at radius 3 is 2.44 bits per heavy atom. The molecule has 4 heteroatoms. The van der Waals surface area contributed by atoms with Gasteiger partial charge in [0.2, 0.25) is 5.91 Å². The van der Waals surface area contributed by atoms with Crippen molar-refractivity contribution < 1.29 is 4.79 Å². The van der Waals surface area contributed by atoms with Crippen LogP contribution in [0.15, 0.2) is 24.3 Å². The van der Waals surface area contributed by atoms with E-state index in [0.717, 1.165) is 25.6 Å². The van der Waals surface area contributed by atoms with Gasteiger partial charge in [-0.3, -0.25) is 9.69 Å². The molecule has 0 unspecified atom stereocenters. The largest absolute Gasteiger partial charge is 0.310 e. The van der Waals surface area contributed by atoms with Gasteiger partial charge in [-0.1, -0.05) is 68.0 Å². The minimum Gasteiger partial charge on any atom is -0.310 e. The van der Waals surface area contributed by atoms with E-state index >= 15 is 0 Å². The predicted molar refractivity (Wildman–Crippen MR) is 123 cm³/mol. The zero-order chi connectivity index (χ0) is 19.4. The van der Waals surface area contributed by atoms with Crippen molar-refractivity contribution in [2.75, 3.05) is 31.1 Å². The summed E-state index contributed by atoms with van der Waals surface area (Å²) in [6.45, 7) is 10.4. The summed E-state index contributed by atoms with van der Waals surface area (Å²) in [5.74, 6) is 1.68. The fourth-order valence-electron chi connectivity index (χ4n) is 4.72. The first-order chi connectivity index (χ1) is 12.9. The first-order valence-electron chi connectivity index (χ1n) is 10.7. The van der Waals surface area contributed by atoms with Crippen molar-refractivity contribution >= 4 is 34.2 Å². The second-order valence-electron chi connectivity index (χ2n) is 8.85. The molecular formula is C23H35IN2O. The van der Waals surface area contributed by atoms with Crippen molar-refractivity contribution in [2.45, 2.75) is 68.6 Å². The van der Waals surface area contributed by atoms with Gasteiger partial charge < -0.3 is 4.90 Å². The second kappa shape index (κ2) is 9.25. The van der Waals surface area contributed by atoms with Gasteiger partial charge >= 0.3 is 0 Å². The molecule has 2 aliphatic rings. The van der Waals surface area contributed by atoms with Crippen molar-refractivity contribution in [2.24, 2.45) is 5.92 Å². The molecule has 0 bridgehead atoms. The van der Waals surface area contributed by atoms with Gasteiger partial charge in [-0.2, -0.15) is 0 Å². The minimum atomic E-state index is 0.270. The van der Waals surface area contributed by atoms with E-state index in [0.29, 0.717) is 15.9 Å². The summed E-state index contributed by atoms with van der Waals surface area (Å²) < 4.78 is 0.382. The molecular weight excluding hydrogens is 447 g/mol. The van der Waals surface area contributed by atoms with E-state index in [2.05, 4.69) is 77.4 Å². The number of anilines is 1. The first-order valence-corrected chi connectivity index (χ1v) is 11.8. The van der Waals surface area contributed by atoms with Crippen molar-refractivity contribution in [1.29, 1.82) is 0 Å². The lowest BCUT2D eigenvalue weighted by molar-refractivity contribution is -0.121. The quantitative estimate of drug-likeness (QED) is 0.388. The summed E-state index contributed by atoms with van der Waals surface area (Å²) in [5, 5.41) is 0. The van der Waals surface area contributed by atoms with Crippen LogP contribution in [0.25, 0.3) is 0 Å². The molecule has 1 saturated carbocycles. The number of piperazine rings is 1. The third kappa shape index (κ3) is 5.26. The number of unbranched alkanes of at least 4 members (excludes halogenated alkanes) is 1. The Bertz CT molecular complexity index is 632. The summed E-state index contributed by atoms with van der Waals surface area (Å²) in [6, 6.07) is 8.68. The Hall–Kier alpha value is -0.620. The third-order valence-corrected chi connectivity index (χ3v) is 7.37. The van der Waals surface area contributed by atoms with E-state index in [1.54, 1.807) is 0 Å². The van der Waals surface area contributed by atoms with Crippen LogP contribution in [0, 0.1) is 5.92 Å². The molecule has 3 nitrogen and oxygen atoms in total. The van der Waals surface area contributed by atoms with Gasteiger partial charge in [-0.15, -0.1) is 0 Å². The molecule has 3 rings (SSSR count). The smallest absolute Gasteiger partial charge is 0.241 e. The molecule has 1 saturated heterocycles. The molecule has 1 aromatic rings. The van der Waals surface area contributed by atoms with E-state index in [-0.39, 0.29) is 5.91 Å². The van der Waals surface area contributed by atoms with Gasteiger partial charge in [-0.25, -0.2) is 0 Å². The van der Waals surface area contributed by atoms with Gasteiger partial charge in [0.25, 0.3) is 0 Å². The Labute approximate surface area is 179 Å². The normalized spacial score (nSPS) is 25.0. The van der Waals surface area contributed by atoms with Crippen molar-refractivity contribution in [3.63, 3.8) is 0 Å². The zero-order valence-corrected chi connectivity index (χ0v) is 19.4. The Kier molecular flexibility index (Phi) is 7.23. The number of hydrogen-bond donors (Lipinski definition) is 0. The van der Waals surface area contributed by atoms with Gasteiger partial charge in [0.05, 0.1) is 6.54 Å². The van der Waals surface area contributed by atoms with Crippen LogP contribution < -0.4 is 4.90 Å². The molecule has 1 aliphatic carbocycles. The summed E-state index contributed by atoms with van der Waals surface area (Å²) in [5.41, 5.74) is 2.58. The van der Waals surface area contributed by atoms with Gasteiger partial charge in [0, 0.05) is 22.2 Å². The number of halogens is 1. The van der Waals surface area contributed by atoms with Crippen LogP contribution in [0.4, 0.5) is 5.69 Å². The van der Waals surface area contributed by atoms with Crippen LogP contribution >= 0.6 is 22.6 Å². The van der Waals surface area contributed by atoms with Crippen molar-refractivity contribution in [3.8, 4) is 0 Å². The molecule has 0 aromatic heterocycles. The highest BCUT2D eigenvalue weighted by molar-refractivity contribution is 14.1. The molecule has 2 fully saturated rings. The van der Waals surface area contributed by atoms with E-state index in [1.165, 1.54) is 49.8 Å². The fourth-order valence-corrected chi connectivity index (χ4v) is 5.34. The highest BCUT2D eigenvalue weighted by atomic mass is 127. The number of benzene rings is 1. The molecule has 27 heavy (non-hydrogen) atoms. The number of alkyl halides is 1. The maximum atomic E-state index is 12.9. The van der Waals surface area contributed by atoms with Gasteiger partial charge in [0.1, 0.15) is 0 Å². The van der Waals surface area contributed by atoms with E-state index in [1.807, 2.05) is 0 Å². The highest BCUT2D eigenvalue weighted by Crippen LogP contribution is 2.45. The molecule has 1 heterocycles. The van der Waals surface area contributed by atoms with Gasteiger partial charge in [-0.05, 0) is 62.1 Å². The number of para-hydroxylation sites is 1. The van der Waals surface area contributed by atoms with E-state index < -0.39 is 0 Å². The Morgan fingerprint density at radius 2 is 1.81 bits per heavy atom. The lowest BCUT2D eigenvalue weighted by Crippen LogP contribution is -2.51. The molecule has 0 spiro atoms. The summed E-state index contributed by atoms with van der Waals surface area (Å²) in [4.78, 5) is 17.2. The van der Waals surface area contributed by atoms with Crippen LogP contribution in [0.3, 0.4) is 0 Å². The molecule has 1 amide bonds. The predicted octanol–water partition coefficient (Wildman–Crippen LogP) is 5.62. The topological polar surface area (TPSA) is 23.6 Å². The van der Waals surface area contributed by atoms with Crippen molar-refractivity contribution in [1.82, 2.24) is 4.90 Å². The van der Waals surface area contributed by atoms with Crippen molar-refractivity contribution in [3.05, 3.63) is 29.8 Å². The highest BCUT2D eigenvalue weighted by Gasteiger charge is 2.33. The minimum absolute atomic E-state index is 0.270. The average molecular weight is 482 g/mol. The fraction of sp³-hybridized carbons (Fsp3) is 0.696. The van der Waals surface area contributed by atoms with Crippen LogP contribution in [0.2, 0.25) is 0 Å². The molecule has 0 radical (unpaired) electrons. The van der Waals surface area contributed by atoms with E-state index in [9.17, 15) is 4.79 Å². The van der Waals surface area contributed by atoms with E-state index in [4.69, 9.17) is 0 Å². The first kappa shape index (κ1) is 21.1. The summed E-state index contributed by atoms with van der Waals surface area (Å²) in [6.07, 6.45) is 7.47. The number of hydrogen-bond acceptors (Lipinski definition) is 2. The maximum Gasteiger partial charge on any atom is 0.241 e. The molecule has 0 N–H and O–H groups in total. The number of rotatable bonds is 6. The summed E-state index contributed by atoms with van der Waals surface area (Å²) >= 11 is 2.62. The number of carbonyl (C=O) groups is 1. The van der Waals surface area contributed by atoms with Crippen LogP contribution in [-0.2, 0) is 4.79 Å². The third-order valence-electron chi connectivity index (χ3n) is 6.49. The van der Waals surface area contributed by atoms with Crippen LogP contribution in [0.1, 0.15) is 70.8 Å². The van der Waals surface area contributed by atoms with Gasteiger partial charge in [0.15, 0.2) is 0 Å². The lowest BCUT2D eigenvalue weighted by Gasteiger charge is -2.39. The standard InChI is InChI=1S/C23H35IN2O/c1-4-5-14-25-15-16-26(22(27)17-25)21-9-7-6-8-20(21)18-10-12-19(13-11-18)23(2,3)24/h6-9,18-19H,4-5,10-17H2,1-3H3. The molecule has 1 aromatic carbocycles. The second-order valence-corrected chi connectivity index (χ2v) is 11.6. The molecule has 150 valence electrons. The summed E-state index contributed by atoms with van der Waals surface area (Å²) in [7, 11) is 0. The Balaban J connectivity index is 1.69. The number of carbonyl (C=O) groups excluding carboxylic acids is 1. The Morgan fingerprint density at radius 1 is 1.11 bits per heavy atom. The average Bonchev–Trinajstić information content (AvgIpc) is 2.66. The van der Waals surface area contributed by atoms with Crippen LogP contribution in [0.5, 0.6) is 0 Å². The SMILES string of the molecule is CCCCN1CCN(c2ccccc2C2CCC(C(C)(C)I)CC2)C(=O)C1. The molecule has 0 atom stereocenters. The lowest BCUT2D eigenvalue weighted by atomic mass is 9.74. The number of nitrogens with zero attached hydrogens (tertiary/aromatic N) is 2. The maximum absolute atomic E-state index is 12.9. The number of amides is 1. The van der Waals surface area contributed by atoms with Crippen LogP contribution in [-0.4, -0.2) is 40.4 Å². The molecule has 1 aliphatic heterocycles.